The first-order chi connectivity index (χ1) is 19.0. The second-order valence-electron chi connectivity index (χ2n) is 11.2. The lowest BCUT2D eigenvalue weighted by atomic mass is 10.2. The lowest BCUT2D eigenvalue weighted by Crippen LogP contribution is -2.44. The summed E-state index contributed by atoms with van der Waals surface area (Å²) in [6.07, 6.45) is 0. The first-order valence-electron chi connectivity index (χ1n) is 13.5. The molecule has 10 heteroatoms. The number of fused-ring (bicyclic) bond motifs is 1. The van der Waals surface area contributed by atoms with Crippen molar-refractivity contribution in [2.75, 3.05) is 53.5 Å². The fourth-order valence-corrected chi connectivity index (χ4v) is 5.24. The molecular formula is C30H37N7O2S. The Morgan fingerprint density at radius 3 is 2.20 bits per heavy atom. The fourth-order valence-electron chi connectivity index (χ4n) is 4.42. The van der Waals surface area contributed by atoms with Gasteiger partial charge in [0.25, 0.3) is 0 Å². The average Bonchev–Trinajstić information content (AvgIpc) is 2.91. The van der Waals surface area contributed by atoms with Crippen LogP contribution in [-0.2, 0) is 10.0 Å². The molecular weight excluding hydrogens is 522 g/mol. The van der Waals surface area contributed by atoms with Gasteiger partial charge in [0, 0.05) is 48.6 Å². The van der Waals surface area contributed by atoms with Crippen LogP contribution in [0.2, 0.25) is 0 Å². The molecule has 0 unspecified atom stereocenters. The highest BCUT2D eigenvalue weighted by Crippen LogP contribution is 2.30. The van der Waals surface area contributed by atoms with Crippen LogP contribution in [0.5, 0.6) is 0 Å². The largest absolute Gasteiger partial charge is 0.369 e. The Kier molecular flexibility index (Phi) is 7.57. The minimum Gasteiger partial charge on any atom is -0.369 e. The SMILES string of the molecule is Cc1ccc(Nc2nc(Nc3ccc(N4CCN(C)CC4)cc3)nc3ccccc23)cc1NS(=O)(=O)C(C)(C)C. The number of nitrogens with one attached hydrogen (secondary N) is 3. The predicted molar refractivity (Wildman–Crippen MR) is 166 cm³/mol. The molecule has 1 fully saturated rings. The maximum Gasteiger partial charge on any atom is 0.237 e. The lowest BCUT2D eigenvalue weighted by Gasteiger charge is -2.34. The van der Waals surface area contributed by atoms with Gasteiger partial charge >= 0.3 is 0 Å². The van der Waals surface area contributed by atoms with Crippen molar-refractivity contribution >= 4 is 55.4 Å². The molecule has 5 rings (SSSR count). The summed E-state index contributed by atoms with van der Waals surface area (Å²) in [5, 5.41) is 7.59. The Morgan fingerprint density at radius 2 is 1.50 bits per heavy atom. The summed E-state index contributed by atoms with van der Waals surface area (Å²) in [5.74, 6) is 1.09. The number of hydrogen-bond donors (Lipinski definition) is 3. The molecule has 40 heavy (non-hydrogen) atoms. The van der Waals surface area contributed by atoms with Gasteiger partial charge in [-0.1, -0.05) is 18.2 Å². The lowest BCUT2D eigenvalue weighted by molar-refractivity contribution is 0.313. The number of anilines is 6. The van der Waals surface area contributed by atoms with E-state index in [1.165, 1.54) is 5.69 Å². The molecule has 1 aliphatic heterocycles. The van der Waals surface area contributed by atoms with Gasteiger partial charge in [0.1, 0.15) is 5.82 Å². The highest BCUT2D eigenvalue weighted by atomic mass is 32.2. The van der Waals surface area contributed by atoms with Crippen molar-refractivity contribution < 1.29 is 8.42 Å². The van der Waals surface area contributed by atoms with Gasteiger partial charge in [0.05, 0.1) is 16.0 Å². The molecule has 1 saturated heterocycles. The first-order valence-corrected chi connectivity index (χ1v) is 14.9. The zero-order chi connectivity index (χ0) is 28.5. The van der Waals surface area contributed by atoms with Gasteiger partial charge in [-0.2, -0.15) is 4.98 Å². The van der Waals surface area contributed by atoms with Gasteiger partial charge in [0.2, 0.25) is 16.0 Å². The molecule has 2 heterocycles. The maximum absolute atomic E-state index is 12.8. The van der Waals surface area contributed by atoms with E-state index in [-0.39, 0.29) is 0 Å². The third-order valence-electron chi connectivity index (χ3n) is 7.15. The van der Waals surface area contributed by atoms with Gasteiger partial charge in [-0.3, -0.25) is 4.72 Å². The van der Waals surface area contributed by atoms with Crippen molar-refractivity contribution in [1.29, 1.82) is 0 Å². The Balaban J connectivity index is 1.40. The number of sulfonamides is 1. The average molecular weight is 560 g/mol. The second kappa shape index (κ2) is 10.9. The van der Waals surface area contributed by atoms with Gasteiger partial charge in [-0.15, -0.1) is 0 Å². The van der Waals surface area contributed by atoms with E-state index >= 15 is 0 Å². The van der Waals surface area contributed by atoms with Crippen LogP contribution in [0.1, 0.15) is 26.3 Å². The zero-order valence-electron chi connectivity index (χ0n) is 23.7. The van der Waals surface area contributed by atoms with Crippen molar-refractivity contribution in [1.82, 2.24) is 14.9 Å². The van der Waals surface area contributed by atoms with Gasteiger partial charge < -0.3 is 20.4 Å². The second-order valence-corrected chi connectivity index (χ2v) is 13.7. The van der Waals surface area contributed by atoms with Crippen molar-refractivity contribution in [2.45, 2.75) is 32.4 Å². The highest BCUT2D eigenvalue weighted by Gasteiger charge is 2.29. The number of likely N-dealkylation sites (N-methyl/N-ethyl adjacent to an activating group) is 1. The number of piperazine rings is 1. The Bertz CT molecular complexity index is 1610. The molecule has 0 bridgehead atoms. The Labute approximate surface area is 236 Å². The summed E-state index contributed by atoms with van der Waals surface area (Å²) < 4.78 is 27.4. The Morgan fingerprint density at radius 1 is 0.825 bits per heavy atom. The van der Waals surface area contributed by atoms with E-state index < -0.39 is 14.8 Å². The summed E-state index contributed by atoms with van der Waals surface area (Å²) in [7, 11) is -1.41. The van der Waals surface area contributed by atoms with Crippen LogP contribution in [0.15, 0.2) is 66.7 Å². The van der Waals surface area contributed by atoms with Crippen LogP contribution < -0.4 is 20.3 Å². The van der Waals surface area contributed by atoms with E-state index in [9.17, 15) is 8.42 Å². The monoisotopic (exact) mass is 559 g/mol. The fraction of sp³-hybridized carbons (Fsp3) is 0.333. The molecule has 0 aliphatic carbocycles. The number of aromatic nitrogens is 2. The van der Waals surface area contributed by atoms with Crippen LogP contribution >= 0.6 is 0 Å². The van der Waals surface area contributed by atoms with Gasteiger partial charge in [-0.05, 0) is 88.8 Å². The number of rotatable bonds is 7. The number of nitrogens with zero attached hydrogens (tertiary/aromatic N) is 4. The van der Waals surface area contributed by atoms with Crippen LogP contribution in [0.25, 0.3) is 10.9 Å². The van der Waals surface area contributed by atoms with E-state index in [0.717, 1.165) is 48.3 Å². The molecule has 0 atom stereocenters. The van der Waals surface area contributed by atoms with Gasteiger partial charge in [0.15, 0.2) is 0 Å². The maximum atomic E-state index is 12.8. The molecule has 0 amide bonds. The molecule has 3 N–H and O–H groups in total. The summed E-state index contributed by atoms with van der Waals surface area (Å²) in [6.45, 7) is 11.1. The summed E-state index contributed by atoms with van der Waals surface area (Å²) in [5.41, 5.74) is 4.96. The third kappa shape index (κ3) is 6.13. The smallest absolute Gasteiger partial charge is 0.237 e. The van der Waals surface area contributed by atoms with Crippen LogP contribution in [-0.4, -0.2) is 61.3 Å². The van der Waals surface area contributed by atoms with E-state index in [4.69, 9.17) is 9.97 Å². The van der Waals surface area contributed by atoms with Crippen LogP contribution in [0.4, 0.5) is 34.5 Å². The van der Waals surface area contributed by atoms with Crippen molar-refractivity contribution in [3.63, 3.8) is 0 Å². The third-order valence-corrected chi connectivity index (χ3v) is 9.25. The van der Waals surface area contributed by atoms with Crippen LogP contribution in [0, 0.1) is 6.92 Å². The van der Waals surface area contributed by atoms with Crippen molar-refractivity contribution in [3.05, 3.63) is 72.3 Å². The number of aryl methyl sites for hydroxylation is 1. The minimum atomic E-state index is -3.57. The normalized spacial score (nSPS) is 14.8. The number of para-hydroxylation sites is 1. The van der Waals surface area contributed by atoms with Crippen molar-refractivity contribution in [2.24, 2.45) is 0 Å². The molecule has 1 aromatic heterocycles. The number of hydrogen-bond acceptors (Lipinski definition) is 8. The summed E-state index contributed by atoms with van der Waals surface area (Å²) in [6, 6.07) is 21.7. The standard InChI is InChI=1S/C30H37N7O2S/c1-21-10-11-23(20-27(21)35-40(38,39)30(2,3)4)31-28-25-8-6-7-9-26(25)33-29(34-28)32-22-12-14-24(15-13-22)37-18-16-36(5)17-19-37/h6-15,20,35H,16-19H2,1-5H3,(H2,31,32,33,34). The summed E-state index contributed by atoms with van der Waals surface area (Å²) in [4.78, 5) is 14.3. The molecule has 0 radical (unpaired) electrons. The van der Waals surface area contributed by atoms with E-state index in [1.54, 1.807) is 26.8 Å². The Hall–Kier alpha value is -3.89. The highest BCUT2D eigenvalue weighted by molar-refractivity contribution is 7.94. The molecule has 0 spiro atoms. The molecule has 4 aromatic rings. The first kappa shape index (κ1) is 27.7. The molecule has 210 valence electrons. The molecule has 0 saturated carbocycles. The van der Waals surface area contributed by atoms with Gasteiger partial charge in [-0.25, -0.2) is 13.4 Å². The molecule has 3 aromatic carbocycles. The quantitative estimate of drug-likeness (QED) is 0.264. The van der Waals surface area contributed by atoms with Crippen molar-refractivity contribution in [3.8, 4) is 0 Å². The van der Waals surface area contributed by atoms with E-state index in [0.29, 0.717) is 23.1 Å². The van der Waals surface area contributed by atoms with E-state index in [2.05, 4.69) is 44.3 Å². The van der Waals surface area contributed by atoms with E-state index in [1.807, 2.05) is 55.5 Å². The van der Waals surface area contributed by atoms with Crippen LogP contribution in [0.3, 0.4) is 0 Å². The topological polar surface area (TPSA) is 102 Å². The molecule has 9 nitrogen and oxygen atoms in total. The zero-order valence-corrected chi connectivity index (χ0v) is 24.5. The summed E-state index contributed by atoms with van der Waals surface area (Å²) >= 11 is 0. The predicted octanol–water partition coefficient (Wildman–Crippen LogP) is 5.72. The molecule has 1 aliphatic rings. The minimum absolute atomic E-state index is 0.467. The number of benzene rings is 3.